The molecule has 0 unspecified atom stereocenters. The number of rotatable bonds is 1. The van der Waals surface area contributed by atoms with Crippen molar-refractivity contribution in [3.8, 4) is 11.3 Å². The fourth-order valence-electron chi connectivity index (χ4n) is 1.71. The maximum Gasteiger partial charge on any atom is 0.171 e. The van der Waals surface area contributed by atoms with Gasteiger partial charge in [0.25, 0.3) is 0 Å². The Bertz CT molecular complexity index is 656. The molecule has 2 heterocycles. The minimum absolute atomic E-state index is 0.388. The zero-order chi connectivity index (χ0) is 11.1. The zero-order valence-corrected chi connectivity index (χ0v) is 9.78. The van der Waals surface area contributed by atoms with Crippen LogP contribution in [0.2, 0.25) is 0 Å². The van der Waals surface area contributed by atoms with Crippen LogP contribution >= 0.6 is 15.9 Å². The van der Waals surface area contributed by atoms with Gasteiger partial charge in [-0.1, -0.05) is 21.1 Å². The van der Waals surface area contributed by atoms with Gasteiger partial charge in [0.05, 0.1) is 0 Å². The summed E-state index contributed by atoms with van der Waals surface area (Å²) in [5.74, 6) is 1.06. The molecule has 0 spiro atoms. The molecule has 0 amide bonds. The van der Waals surface area contributed by atoms with Gasteiger partial charge in [-0.2, -0.15) is 0 Å². The molecule has 0 saturated heterocycles. The molecule has 0 aliphatic carbocycles. The molecule has 16 heavy (non-hydrogen) atoms. The van der Waals surface area contributed by atoms with Crippen LogP contribution in [-0.2, 0) is 0 Å². The van der Waals surface area contributed by atoms with Gasteiger partial charge in [-0.3, -0.25) is 0 Å². The predicted octanol–water partition coefficient (Wildman–Crippen LogP) is 3.17. The highest BCUT2D eigenvalue weighted by molar-refractivity contribution is 9.10. The van der Waals surface area contributed by atoms with Crippen molar-refractivity contribution >= 4 is 32.7 Å². The molecule has 3 N–H and O–H groups in total. The van der Waals surface area contributed by atoms with E-state index in [0.29, 0.717) is 11.6 Å². The summed E-state index contributed by atoms with van der Waals surface area (Å²) in [5.41, 5.74) is 7.54. The van der Waals surface area contributed by atoms with Crippen LogP contribution in [0, 0.1) is 0 Å². The van der Waals surface area contributed by atoms with Crippen LogP contribution in [0.1, 0.15) is 0 Å². The summed E-state index contributed by atoms with van der Waals surface area (Å²) in [7, 11) is 0. The summed E-state index contributed by atoms with van der Waals surface area (Å²) in [6.45, 7) is 0. The molecule has 0 radical (unpaired) electrons. The fourth-order valence-corrected chi connectivity index (χ4v) is 2.07. The molecule has 0 fully saturated rings. The van der Waals surface area contributed by atoms with Gasteiger partial charge in [0.2, 0.25) is 0 Å². The van der Waals surface area contributed by atoms with Crippen LogP contribution in [0.3, 0.4) is 0 Å². The quantitative estimate of drug-likeness (QED) is 0.718. The Labute approximate surface area is 99.6 Å². The molecule has 0 aliphatic rings. The Kier molecular flexibility index (Phi) is 2.00. The van der Waals surface area contributed by atoms with Crippen molar-refractivity contribution in [2.75, 3.05) is 5.73 Å². The summed E-state index contributed by atoms with van der Waals surface area (Å²) in [4.78, 5) is 3.17. The van der Waals surface area contributed by atoms with Crippen molar-refractivity contribution in [1.29, 1.82) is 0 Å². The second-order valence-corrected chi connectivity index (χ2v) is 4.42. The second kappa shape index (κ2) is 3.38. The SMILES string of the molecule is Nc1cc(-c2c[nH]c3ccc(Br)cc23)on1. The van der Waals surface area contributed by atoms with E-state index in [-0.39, 0.29) is 0 Å². The lowest BCUT2D eigenvalue weighted by molar-refractivity contribution is 0.436. The lowest BCUT2D eigenvalue weighted by Crippen LogP contribution is -1.79. The first kappa shape index (κ1) is 9.47. The number of benzene rings is 1. The van der Waals surface area contributed by atoms with Crippen molar-refractivity contribution in [2.24, 2.45) is 0 Å². The standard InChI is InChI=1S/C11H8BrN3O/c12-6-1-2-9-7(3-6)8(5-14-9)10-4-11(13)15-16-10/h1-5,14H,(H2,13,15). The van der Waals surface area contributed by atoms with Gasteiger partial charge in [-0.15, -0.1) is 0 Å². The van der Waals surface area contributed by atoms with E-state index < -0.39 is 0 Å². The molecule has 0 aliphatic heterocycles. The Hall–Kier alpha value is -1.75. The zero-order valence-electron chi connectivity index (χ0n) is 8.20. The van der Waals surface area contributed by atoms with E-state index in [1.54, 1.807) is 6.07 Å². The van der Waals surface area contributed by atoms with E-state index in [2.05, 4.69) is 26.1 Å². The minimum Gasteiger partial charge on any atom is -0.381 e. The van der Waals surface area contributed by atoms with Crippen molar-refractivity contribution in [1.82, 2.24) is 10.1 Å². The molecular weight excluding hydrogens is 270 g/mol. The third-order valence-electron chi connectivity index (χ3n) is 2.44. The highest BCUT2D eigenvalue weighted by Gasteiger charge is 2.10. The molecule has 3 aromatic rings. The predicted molar refractivity (Wildman–Crippen MR) is 65.9 cm³/mol. The van der Waals surface area contributed by atoms with E-state index >= 15 is 0 Å². The summed E-state index contributed by atoms with van der Waals surface area (Å²) in [6, 6.07) is 7.73. The molecule has 2 aromatic heterocycles. The number of nitrogens with zero attached hydrogens (tertiary/aromatic N) is 1. The maximum absolute atomic E-state index is 5.53. The maximum atomic E-state index is 5.53. The molecule has 1 aromatic carbocycles. The van der Waals surface area contributed by atoms with Gasteiger partial charge < -0.3 is 15.2 Å². The van der Waals surface area contributed by atoms with Crippen LogP contribution in [-0.4, -0.2) is 10.1 Å². The number of aromatic amines is 1. The van der Waals surface area contributed by atoms with Crippen LogP contribution in [0.15, 0.2) is 39.5 Å². The summed E-state index contributed by atoms with van der Waals surface area (Å²) >= 11 is 3.44. The lowest BCUT2D eigenvalue weighted by atomic mass is 10.1. The third kappa shape index (κ3) is 1.40. The molecule has 80 valence electrons. The third-order valence-corrected chi connectivity index (χ3v) is 2.93. The average Bonchev–Trinajstić information content (AvgIpc) is 2.83. The monoisotopic (exact) mass is 277 g/mol. The Balaban J connectivity index is 2.27. The van der Waals surface area contributed by atoms with E-state index in [1.165, 1.54) is 0 Å². The number of nitrogens with one attached hydrogen (secondary N) is 1. The fraction of sp³-hybridized carbons (Fsp3) is 0. The number of nitrogen functional groups attached to an aromatic ring is 1. The van der Waals surface area contributed by atoms with Crippen molar-refractivity contribution in [3.05, 3.63) is 34.9 Å². The number of fused-ring (bicyclic) bond motifs is 1. The molecule has 3 rings (SSSR count). The van der Waals surface area contributed by atoms with E-state index in [1.807, 2.05) is 24.4 Å². The molecule has 5 heteroatoms. The molecular formula is C11H8BrN3O. The smallest absolute Gasteiger partial charge is 0.171 e. The number of anilines is 1. The highest BCUT2D eigenvalue weighted by Crippen LogP contribution is 2.31. The van der Waals surface area contributed by atoms with Gasteiger partial charge in [-0.05, 0) is 18.2 Å². The number of halogens is 1. The molecule has 0 saturated carbocycles. The summed E-state index contributed by atoms with van der Waals surface area (Å²) in [6.07, 6.45) is 1.89. The number of aromatic nitrogens is 2. The van der Waals surface area contributed by atoms with Crippen molar-refractivity contribution in [2.45, 2.75) is 0 Å². The number of nitrogens with two attached hydrogens (primary N) is 1. The molecule has 0 bridgehead atoms. The number of hydrogen-bond acceptors (Lipinski definition) is 3. The van der Waals surface area contributed by atoms with Crippen LogP contribution in [0.5, 0.6) is 0 Å². The normalized spacial score (nSPS) is 11.1. The first-order chi connectivity index (χ1) is 7.74. The van der Waals surface area contributed by atoms with E-state index in [0.717, 1.165) is 20.9 Å². The van der Waals surface area contributed by atoms with Crippen LogP contribution < -0.4 is 5.73 Å². The lowest BCUT2D eigenvalue weighted by Gasteiger charge is -1.94. The van der Waals surface area contributed by atoms with Gasteiger partial charge >= 0.3 is 0 Å². The molecule has 0 atom stereocenters. The van der Waals surface area contributed by atoms with Crippen molar-refractivity contribution in [3.63, 3.8) is 0 Å². The first-order valence-corrected chi connectivity index (χ1v) is 5.52. The molecule has 4 nitrogen and oxygen atoms in total. The summed E-state index contributed by atoms with van der Waals surface area (Å²) in [5, 5.41) is 4.75. The topological polar surface area (TPSA) is 67.8 Å². The van der Waals surface area contributed by atoms with Gasteiger partial charge in [0, 0.05) is 33.2 Å². The average molecular weight is 278 g/mol. The van der Waals surface area contributed by atoms with E-state index in [4.69, 9.17) is 10.3 Å². The van der Waals surface area contributed by atoms with Gasteiger partial charge in [-0.25, -0.2) is 0 Å². The van der Waals surface area contributed by atoms with Gasteiger partial charge in [0.15, 0.2) is 11.6 Å². The van der Waals surface area contributed by atoms with Crippen LogP contribution in [0.4, 0.5) is 5.82 Å². The van der Waals surface area contributed by atoms with Gasteiger partial charge in [0.1, 0.15) is 0 Å². The number of hydrogen-bond donors (Lipinski definition) is 2. The Morgan fingerprint density at radius 2 is 2.19 bits per heavy atom. The Morgan fingerprint density at radius 3 is 2.94 bits per heavy atom. The van der Waals surface area contributed by atoms with E-state index in [9.17, 15) is 0 Å². The first-order valence-electron chi connectivity index (χ1n) is 4.73. The minimum atomic E-state index is 0.388. The van der Waals surface area contributed by atoms with Crippen LogP contribution in [0.25, 0.3) is 22.2 Å². The largest absolute Gasteiger partial charge is 0.381 e. The second-order valence-electron chi connectivity index (χ2n) is 3.51. The summed E-state index contributed by atoms with van der Waals surface area (Å²) < 4.78 is 6.17. The number of H-pyrrole nitrogens is 1. The highest BCUT2D eigenvalue weighted by atomic mass is 79.9. The Morgan fingerprint density at radius 1 is 1.31 bits per heavy atom. The van der Waals surface area contributed by atoms with Crippen molar-refractivity contribution < 1.29 is 4.52 Å².